The van der Waals surface area contributed by atoms with Crippen LogP contribution in [0.3, 0.4) is 0 Å². The Morgan fingerprint density at radius 3 is 2.87 bits per heavy atom. The Balaban J connectivity index is 1.82. The number of aromatic amines is 1. The second-order valence-corrected chi connectivity index (χ2v) is 7.04. The van der Waals surface area contributed by atoms with E-state index in [1.165, 1.54) is 0 Å². The van der Waals surface area contributed by atoms with Crippen LogP contribution in [0.15, 0.2) is 29.1 Å². The van der Waals surface area contributed by atoms with Gasteiger partial charge < -0.3 is 19.2 Å². The maximum absolute atomic E-state index is 13.1. The quantitative estimate of drug-likeness (QED) is 0.581. The number of aromatic nitrogens is 5. The SMILES string of the molecule is CCOc1ccc2[nH]c(=O)c([C@@H](c3nnnn3CCOC)N3CCOCC3)cc2c1. The van der Waals surface area contributed by atoms with Crippen molar-refractivity contribution in [1.82, 2.24) is 30.1 Å². The standard InChI is InChI=1S/C20H26N6O4/c1-3-30-15-4-5-17-14(12-15)13-16(20(27)21-17)18(25-6-10-29-11-7-25)19-22-23-24-26(19)8-9-28-2/h4-5,12-13,18H,3,6-11H2,1-2H3,(H,21,27)/t18-/m0/s1. The minimum Gasteiger partial charge on any atom is -0.494 e. The predicted molar refractivity (Wildman–Crippen MR) is 110 cm³/mol. The molecule has 0 bridgehead atoms. The van der Waals surface area contributed by atoms with Gasteiger partial charge in [-0.1, -0.05) is 0 Å². The Hall–Kier alpha value is -2.82. The summed E-state index contributed by atoms with van der Waals surface area (Å²) >= 11 is 0. The molecule has 0 unspecified atom stereocenters. The Labute approximate surface area is 173 Å². The van der Waals surface area contributed by atoms with Crippen molar-refractivity contribution in [1.29, 1.82) is 0 Å². The summed E-state index contributed by atoms with van der Waals surface area (Å²) in [5.74, 6) is 1.37. The molecule has 1 aliphatic rings. The number of pyridine rings is 1. The number of ether oxygens (including phenoxy) is 3. The van der Waals surface area contributed by atoms with Crippen molar-refractivity contribution >= 4 is 10.9 Å². The molecule has 4 rings (SSSR count). The number of H-pyrrole nitrogens is 1. The lowest BCUT2D eigenvalue weighted by atomic mass is 10.0. The largest absolute Gasteiger partial charge is 0.494 e. The molecule has 30 heavy (non-hydrogen) atoms. The van der Waals surface area contributed by atoms with Gasteiger partial charge in [-0.3, -0.25) is 9.69 Å². The number of hydrogen-bond acceptors (Lipinski definition) is 8. The first-order valence-corrected chi connectivity index (χ1v) is 10.1. The molecular formula is C20H26N6O4. The summed E-state index contributed by atoms with van der Waals surface area (Å²) in [4.78, 5) is 18.3. The fourth-order valence-electron chi connectivity index (χ4n) is 3.74. The fraction of sp³-hybridized carbons (Fsp3) is 0.500. The molecule has 0 aliphatic carbocycles. The zero-order valence-electron chi connectivity index (χ0n) is 17.2. The van der Waals surface area contributed by atoms with E-state index in [0.29, 0.717) is 57.4 Å². The molecule has 1 aliphatic heterocycles. The van der Waals surface area contributed by atoms with E-state index in [1.807, 2.05) is 31.2 Å². The zero-order chi connectivity index (χ0) is 20.9. The van der Waals surface area contributed by atoms with Gasteiger partial charge in [0.1, 0.15) is 11.8 Å². The molecule has 1 aromatic carbocycles. The van der Waals surface area contributed by atoms with E-state index < -0.39 is 6.04 Å². The lowest BCUT2D eigenvalue weighted by molar-refractivity contribution is 0.0211. The van der Waals surface area contributed by atoms with E-state index in [-0.39, 0.29) is 5.56 Å². The van der Waals surface area contributed by atoms with Crippen molar-refractivity contribution < 1.29 is 14.2 Å². The van der Waals surface area contributed by atoms with Gasteiger partial charge in [0.05, 0.1) is 33.0 Å². The highest BCUT2D eigenvalue weighted by Gasteiger charge is 2.31. The van der Waals surface area contributed by atoms with Crippen LogP contribution in [0.25, 0.3) is 10.9 Å². The zero-order valence-corrected chi connectivity index (χ0v) is 17.2. The third-order valence-electron chi connectivity index (χ3n) is 5.17. The number of nitrogens with zero attached hydrogens (tertiary/aromatic N) is 5. The second kappa shape index (κ2) is 9.33. The van der Waals surface area contributed by atoms with Crippen molar-refractivity contribution in [3.05, 3.63) is 46.0 Å². The number of methoxy groups -OCH3 is 1. The molecule has 1 fully saturated rings. The normalized spacial score (nSPS) is 16.1. The van der Waals surface area contributed by atoms with Gasteiger partial charge >= 0.3 is 0 Å². The summed E-state index contributed by atoms with van der Waals surface area (Å²) in [7, 11) is 1.63. The Morgan fingerprint density at radius 1 is 1.27 bits per heavy atom. The molecule has 10 heteroatoms. The first-order valence-electron chi connectivity index (χ1n) is 10.1. The molecule has 1 N–H and O–H groups in total. The number of nitrogens with one attached hydrogen (secondary N) is 1. The van der Waals surface area contributed by atoms with Crippen LogP contribution in [0.2, 0.25) is 0 Å². The maximum atomic E-state index is 13.1. The summed E-state index contributed by atoms with van der Waals surface area (Å²) in [6.45, 7) is 6.03. The lowest BCUT2D eigenvalue weighted by Crippen LogP contribution is -2.42. The molecule has 2 aromatic heterocycles. The molecule has 10 nitrogen and oxygen atoms in total. The second-order valence-electron chi connectivity index (χ2n) is 7.04. The monoisotopic (exact) mass is 414 g/mol. The summed E-state index contributed by atoms with van der Waals surface area (Å²) in [6, 6.07) is 7.16. The van der Waals surface area contributed by atoms with Crippen LogP contribution in [0.4, 0.5) is 0 Å². The van der Waals surface area contributed by atoms with E-state index in [9.17, 15) is 4.79 Å². The third kappa shape index (κ3) is 4.20. The van der Waals surface area contributed by atoms with Crippen molar-refractivity contribution in [2.45, 2.75) is 19.5 Å². The first-order chi connectivity index (χ1) is 14.7. The molecule has 160 valence electrons. The molecule has 3 aromatic rings. The van der Waals surface area contributed by atoms with Gasteiger partial charge in [-0.15, -0.1) is 5.10 Å². The molecule has 1 atom stereocenters. The minimum absolute atomic E-state index is 0.163. The van der Waals surface area contributed by atoms with Crippen LogP contribution < -0.4 is 10.3 Å². The van der Waals surface area contributed by atoms with Gasteiger partial charge in [-0.2, -0.15) is 0 Å². The van der Waals surface area contributed by atoms with Crippen LogP contribution in [-0.4, -0.2) is 76.7 Å². The summed E-state index contributed by atoms with van der Waals surface area (Å²) in [5.41, 5.74) is 1.18. The highest BCUT2D eigenvalue weighted by molar-refractivity contribution is 5.80. The molecule has 0 spiro atoms. The van der Waals surface area contributed by atoms with Crippen LogP contribution in [0.5, 0.6) is 5.75 Å². The molecule has 0 amide bonds. The van der Waals surface area contributed by atoms with E-state index in [4.69, 9.17) is 14.2 Å². The molecule has 3 heterocycles. The van der Waals surface area contributed by atoms with Crippen LogP contribution in [-0.2, 0) is 16.0 Å². The van der Waals surface area contributed by atoms with Crippen molar-refractivity contribution in [2.24, 2.45) is 0 Å². The number of hydrogen-bond donors (Lipinski definition) is 1. The summed E-state index contributed by atoms with van der Waals surface area (Å²) in [5, 5.41) is 13.1. The van der Waals surface area contributed by atoms with Crippen molar-refractivity contribution in [2.75, 3.05) is 46.6 Å². The number of rotatable bonds is 8. The molecule has 0 saturated carbocycles. The third-order valence-corrected chi connectivity index (χ3v) is 5.17. The Morgan fingerprint density at radius 2 is 2.10 bits per heavy atom. The number of morpholine rings is 1. The molecular weight excluding hydrogens is 388 g/mol. The van der Waals surface area contributed by atoms with E-state index in [2.05, 4.69) is 25.4 Å². The smallest absolute Gasteiger partial charge is 0.253 e. The van der Waals surface area contributed by atoms with Gasteiger partial charge in [0.2, 0.25) is 0 Å². The van der Waals surface area contributed by atoms with Crippen molar-refractivity contribution in [3.63, 3.8) is 0 Å². The van der Waals surface area contributed by atoms with Crippen molar-refractivity contribution in [3.8, 4) is 5.75 Å². The molecule has 0 radical (unpaired) electrons. The van der Waals surface area contributed by atoms with E-state index in [1.54, 1.807) is 11.8 Å². The van der Waals surface area contributed by atoms with Crippen LogP contribution >= 0.6 is 0 Å². The van der Waals surface area contributed by atoms with E-state index in [0.717, 1.165) is 16.7 Å². The maximum Gasteiger partial charge on any atom is 0.253 e. The highest BCUT2D eigenvalue weighted by Crippen LogP contribution is 2.28. The minimum atomic E-state index is -0.398. The Kier molecular flexibility index (Phi) is 6.36. The average Bonchev–Trinajstić information content (AvgIpc) is 3.22. The predicted octanol–water partition coefficient (Wildman–Crippen LogP) is 0.981. The van der Waals surface area contributed by atoms with Gasteiger partial charge in [0.25, 0.3) is 5.56 Å². The van der Waals surface area contributed by atoms with Gasteiger partial charge in [-0.05, 0) is 41.6 Å². The highest BCUT2D eigenvalue weighted by atomic mass is 16.5. The number of fused-ring (bicyclic) bond motifs is 1. The first kappa shape index (κ1) is 20.5. The van der Waals surface area contributed by atoms with Gasteiger partial charge in [-0.25, -0.2) is 4.68 Å². The van der Waals surface area contributed by atoms with Gasteiger partial charge in [0.15, 0.2) is 5.82 Å². The fourth-order valence-corrected chi connectivity index (χ4v) is 3.74. The molecule has 1 saturated heterocycles. The lowest BCUT2D eigenvalue weighted by Gasteiger charge is -2.33. The number of benzene rings is 1. The summed E-state index contributed by atoms with van der Waals surface area (Å²) < 4.78 is 18.0. The van der Waals surface area contributed by atoms with Crippen LogP contribution in [0, 0.1) is 0 Å². The Bertz CT molecular complexity index is 1040. The summed E-state index contributed by atoms with van der Waals surface area (Å²) in [6.07, 6.45) is 0. The topological polar surface area (TPSA) is 107 Å². The number of tetrazole rings is 1. The van der Waals surface area contributed by atoms with Crippen LogP contribution in [0.1, 0.15) is 24.4 Å². The van der Waals surface area contributed by atoms with E-state index >= 15 is 0 Å². The van der Waals surface area contributed by atoms with Gasteiger partial charge in [0, 0.05) is 36.7 Å². The average molecular weight is 414 g/mol.